The van der Waals surface area contributed by atoms with Crippen molar-refractivity contribution in [1.82, 2.24) is 9.97 Å². The maximum Gasteiger partial charge on any atom is 0.232 e. The number of nitrogens with two attached hydrogens (primary N) is 1. The van der Waals surface area contributed by atoms with Gasteiger partial charge in [-0.1, -0.05) is 0 Å². The maximum atomic E-state index is 9.09. The largest absolute Gasteiger partial charge is 0.504 e. The molecule has 0 aromatic carbocycles. The molecule has 1 aromatic rings. The summed E-state index contributed by atoms with van der Waals surface area (Å²) in [5, 5.41) is 9.09. The lowest BCUT2D eigenvalue weighted by atomic mass is 10.4. The molecule has 0 spiro atoms. The van der Waals surface area contributed by atoms with Crippen molar-refractivity contribution in [3.05, 3.63) is 24.3 Å². The van der Waals surface area contributed by atoms with Crippen LogP contribution in [0.5, 0.6) is 5.88 Å². The Morgan fingerprint density at radius 2 is 2.33 bits per heavy atom. The first-order valence-corrected chi connectivity index (χ1v) is 3.25. The minimum Gasteiger partial charge on any atom is -0.504 e. The average molecular weight is 167 g/mol. The van der Waals surface area contributed by atoms with Crippen LogP contribution < -0.4 is 10.5 Å². The molecule has 0 unspecified atom stereocenters. The summed E-state index contributed by atoms with van der Waals surface area (Å²) in [5.41, 5.74) is 5.38. The molecule has 5 heteroatoms. The highest BCUT2D eigenvalue weighted by molar-refractivity contribution is 5.52. The Hall–Kier alpha value is -1.78. The van der Waals surface area contributed by atoms with Crippen LogP contribution in [0.3, 0.4) is 0 Å². The van der Waals surface area contributed by atoms with Gasteiger partial charge < -0.3 is 15.6 Å². The van der Waals surface area contributed by atoms with Gasteiger partial charge in [0.1, 0.15) is 5.69 Å². The molecule has 1 aromatic heterocycles. The monoisotopic (exact) mass is 167 g/mol. The van der Waals surface area contributed by atoms with Crippen molar-refractivity contribution in [2.24, 2.45) is 5.73 Å². The third-order valence-corrected chi connectivity index (χ3v) is 1.26. The molecule has 0 aliphatic rings. The molecule has 0 aliphatic carbocycles. The highest BCUT2D eigenvalue weighted by Crippen LogP contribution is 2.07. The van der Waals surface area contributed by atoms with Crippen LogP contribution in [0.4, 0.5) is 0 Å². The molecule has 1 rings (SSSR count). The molecule has 0 radical (unpaired) electrons. The summed E-state index contributed by atoms with van der Waals surface area (Å²) in [6.07, 6.45) is 3.82. The van der Waals surface area contributed by atoms with Crippen LogP contribution in [0.2, 0.25) is 0 Å². The number of hydrogen-bond donors (Lipinski definition) is 2. The van der Waals surface area contributed by atoms with Crippen LogP contribution in [-0.4, -0.2) is 22.2 Å². The topological polar surface area (TPSA) is 81.3 Å². The minimum atomic E-state index is -0.106. The van der Waals surface area contributed by atoms with Crippen molar-refractivity contribution >= 4 is 5.76 Å². The number of aliphatic hydroxyl groups excluding tert-OH is 1. The van der Waals surface area contributed by atoms with E-state index in [9.17, 15) is 0 Å². The fourth-order valence-electron chi connectivity index (χ4n) is 0.639. The number of rotatable bonds is 2. The lowest BCUT2D eigenvalue weighted by Crippen LogP contribution is -1.95. The summed E-state index contributed by atoms with van der Waals surface area (Å²) in [6.45, 7) is 0. The fraction of sp³-hybridized carbons (Fsp3) is 0.143. The molecule has 0 saturated carbocycles. The number of ether oxygens (including phenoxy) is 1. The first-order valence-electron chi connectivity index (χ1n) is 3.25. The zero-order valence-corrected chi connectivity index (χ0v) is 6.56. The van der Waals surface area contributed by atoms with Crippen molar-refractivity contribution in [1.29, 1.82) is 0 Å². The zero-order valence-electron chi connectivity index (χ0n) is 6.56. The van der Waals surface area contributed by atoms with Crippen molar-refractivity contribution in [3.8, 4) is 5.88 Å². The van der Waals surface area contributed by atoms with Crippen LogP contribution in [-0.2, 0) is 0 Å². The van der Waals surface area contributed by atoms with Crippen molar-refractivity contribution < 1.29 is 9.84 Å². The van der Waals surface area contributed by atoms with E-state index >= 15 is 0 Å². The summed E-state index contributed by atoms with van der Waals surface area (Å²) < 4.78 is 4.78. The molecule has 0 bridgehead atoms. The maximum absolute atomic E-state index is 9.09. The Morgan fingerprint density at radius 3 is 2.75 bits per heavy atom. The van der Waals surface area contributed by atoms with E-state index in [0.29, 0.717) is 11.6 Å². The Labute approximate surface area is 69.5 Å². The molecule has 0 aliphatic heterocycles. The number of aromatic nitrogens is 2. The predicted octanol–water partition coefficient (Wildman–Crippen LogP) is 0.300. The lowest BCUT2D eigenvalue weighted by Gasteiger charge is -1.99. The van der Waals surface area contributed by atoms with Gasteiger partial charge in [0.05, 0.1) is 19.5 Å². The van der Waals surface area contributed by atoms with Crippen LogP contribution >= 0.6 is 0 Å². The molecular formula is C7H9N3O2. The zero-order chi connectivity index (χ0) is 8.97. The Balaban J connectivity index is 2.92. The summed E-state index contributed by atoms with van der Waals surface area (Å²) in [5.74, 6) is 0.286. The second-order valence-corrected chi connectivity index (χ2v) is 2.00. The summed E-state index contributed by atoms with van der Waals surface area (Å²) in [7, 11) is 1.49. The summed E-state index contributed by atoms with van der Waals surface area (Å²) >= 11 is 0. The highest BCUT2D eigenvalue weighted by atomic mass is 16.5. The van der Waals surface area contributed by atoms with Gasteiger partial charge >= 0.3 is 0 Å². The fourth-order valence-corrected chi connectivity index (χ4v) is 0.639. The van der Waals surface area contributed by atoms with Gasteiger partial charge in [0, 0.05) is 6.20 Å². The standard InChI is InChI=1S/C7H9N3O2/c1-12-7-4-9-5(3-10-7)6(11)2-8/h2-4,11H,8H2,1H3/b6-2+. The average Bonchev–Trinajstić information content (AvgIpc) is 2.17. The van der Waals surface area contributed by atoms with E-state index < -0.39 is 0 Å². The molecule has 1 heterocycles. The van der Waals surface area contributed by atoms with Crippen molar-refractivity contribution in [2.75, 3.05) is 7.11 Å². The molecule has 0 atom stereocenters. The van der Waals surface area contributed by atoms with E-state index in [1.807, 2.05) is 0 Å². The van der Waals surface area contributed by atoms with Crippen LogP contribution in [0.25, 0.3) is 5.76 Å². The number of aliphatic hydroxyl groups is 1. The molecule has 3 N–H and O–H groups in total. The Morgan fingerprint density at radius 1 is 1.58 bits per heavy atom. The van der Waals surface area contributed by atoms with Gasteiger partial charge in [-0.2, -0.15) is 0 Å². The van der Waals surface area contributed by atoms with E-state index in [4.69, 9.17) is 15.6 Å². The summed E-state index contributed by atoms with van der Waals surface area (Å²) in [6, 6.07) is 0. The normalized spacial score (nSPS) is 11.2. The van der Waals surface area contributed by atoms with Gasteiger partial charge in [-0.3, -0.25) is 0 Å². The Bertz CT molecular complexity index is 281. The molecule has 12 heavy (non-hydrogen) atoms. The number of nitrogens with zero attached hydrogens (tertiary/aromatic N) is 2. The second kappa shape index (κ2) is 3.56. The molecule has 5 nitrogen and oxygen atoms in total. The van der Waals surface area contributed by atoms with Crippen LogP contribution in [0, 0.1) is 0 Å². The van der Waals surface area contributed by atoms with Crippen LogP contribution in [0.15, 0.2) is 18.6 Å². The predicted molar refractivity (Wildman–Crippen MR) is 43.4 cm³/mol. The smallest absolute Gasteiger partial charge is 0.232 e. The van der Waals surface area contributed by atoms with E-state index in [2.05, 4.69) is 9.97 Å². The van der Waals surface area contributed by atoms with Gasteiger partial charge in [-0.05, 0) is 0 Å². The van der Waals surface area contributed by atoms with Gasteiger partial charge in [-0.25, -0.2) is 9.97 Å². The molecule has 0 fully saturated rings. The molecule has 0 amide bonds. The third kappa shape index (κ3) is 1.63. The minimum absolute atomic E-state index is 0.106. The second-order valence-electron chi connectivity index (χ2n) is 2.00. The van der Waals surface area contributed by atoms with Crippen molar-refractivity contribution in [2.45, 2.75) is 0 Å². The quantitative estimate of drug-likeness (QED) is 0.619. The Kier molecular flexibility index (Phi) is 2.47. The van der Waals surface area contributed by atoms with E-state index in [0.717, 1.165) is 6.20 Å². The van der Waals surface area contributed by atoms with Crippen molar-refractivity contribution in [3.63, 3.8) is 0 Å². The first-order chi connectivity index (χ1) is 5.77. The number of methoxy groups -OCH3 is 1. The van der Waals surface area contributed by atoms with E-state index in [1.165, 1.54) is 19.5 Å². The molecular weight excluding hydrogens is 158 g/mol. The highest BCUT2D eigenvalue weighted by Gasteiger charge is 2.00. The van der Waals surface area contributed by atoms with Gasteiger partial charge in [0.15, 0.2) is 5.76 Å². The lowest BCUT2D eigenvalue weighted by molar-refractivity contribution is 0.395. The molecule has 64 valence electrons. The number of hydrogen-bond acceptors (Lipinski definition) is 5. The molecule has 0 saturated heterocycles. The van der Waals surface area contributed by atoms with E-state index in [1.54, 1.807) is 0 Å². The SMILES string of the molecule is COc1cnc(/C(O)=C\N)cn1. The van der Waals surface area contributed by atoms with Crippen LogP contribution in [0.1, 0.15) is 5.69 Å². The first kappa shape index (κ1) is 8.32. The third-order valence-electron chi connectivity index (χ3n) is 1.26. The van der Waals surface area contributed by atoms with Gasteiger partial charge in [0.25, 0.3) is 0 Å². The van der Waals surface area contributed by atoms with Gasteiger partial charge in [-0.15, -0.1) is 0 Å². The summed E-state index contributed by atoms with van der Waals surface area (Å²) in [4.78, 5) is 7.66. The van der Waals surface area contributed by atoms with E-state index in [-0.39, 0.29) is 5.76 Å². The van der Waals surface area contributed by atoms with Gasteiger partial charge in [0.2, 0.25) is 5.88 Å².